The summed E-state index contributed by atoms with van der Waals surface area (Å²) in [7, 11) is 1.72. The predicted octanol–water partition coefficient (Wildman–Crippen LogP) is 3.37. The summed E-state index contributed by atoms with van der Waals surface area (Å²) >= 11 is 0. The van der Waals surface area contributed by atoms with Crippen LogP contribution in [-0.4, -0.2) is 61.8 Å². The maximum Gasteiger partial charge on any atom is 0.491 e. The molecule has 4 rings (SSSR count). The first-order valence-electron chi connectivity index (χ1n) is 11.0. The molecule has 12 heteroatoms. The lowest BCUT2D eigenvalue weighted by atomic mass is 10.1. The van der Waals surface area contributed by atoms with E-state index in [1.807, 2.05) is 4.90 Å². The number of nitrogens with one attached hydrogen (secondary N) is 1. The van der Waals surface area contributed by atoms with Gasteiger partial charge in [0.25, 0.3) is 0 Å². The third-order valence-corrected chi connectivity index (χ3v) is 5.36. The van der Waals surface area contributed by atoms with Gasteiger partial charge < -0.3 is 15.0 Å². The Bertz CT molecular complexity index is 1200. The number of alkyl halides is 3. The molecule has 1 aliphatic heterocycles. The van der Waals surface area contributed by atoms with E-state index in [9.17, 15) is 18.0 Å². The second-order valence-electron chi connectivity index (χ2n) is 9.44. The number of carbonyl (C=O) groups excluding carboxylic acids is 1. The Labute approximate surface area is 200 Å². The molecule has 35 heavy (non-hydrogen) atoms. The van der Waals surface area contributed by atoms with Crippen molar-refractivity contribution in [2.45, 2.75) is 44.9 Å². The van der Waals surface area contributed by atoms with Gasteiger partial charge in [0, 0.05) is 49.0 Å². The fraction of sp³-hybridized carbons (Fsp3) is 0.435. The van der Waals surface area contributed by atoms with Crippen LogP contribution in [0.5, 0.6) is 5.75 Å². The highest BCUT2D eigenvalue weighted by Crippen LogP contribution is 2.34. The molecule has 1 aromatic carbocycles. The van der Waals surface area contributed by atoms with Crippen LogP contribution >= 0.6 is 0 Å². The lowest BCUT2D eigenvalue weighted by Crippen LogP contribution is -2.45. The highest BCUT2D eigenvalue weighted by molar-refractivity contribution is 5.82. The standard InChI is InChI=1S/C23H26F3N7O2/c1-22(2,3)28-15-7-10-33(13-15)21-27-12-18(29-30-21)16-6-5-14(17-8-9-32(4)31-17)11-19(16)35-20(34)23(24,25)26/h5-6,8-9,11-12,15,28H,7,10,13H2,1-4H3. The Morgan fingerprint density at radius 1 is 1.14 bits per heavy atom. The summed E-state index contributed by atoms with van der Waals surface area (Å²) < 4.78 is 45.0. The maximum atomic E-state index is 12.9. The van der Waals surface area contributed by atoms with E-state index in [1.165, 1.54) is 18.3 Å². The van der Waals surface area contributed by atoms with Gasteiger partial charge in [0.1, 0.15) is 11.4 Å². The molecule has 1 saturated heterocycles. The Balaban J connectivity index is 1.60. The largest absolute Gasteiger partial charge is 0.491 e. The normalized spacial score (nSPS) is 16.5. The van der Waals surface area contributed by atoms with Crippen LogP contribution < -0.4 is 15.0 Å². The van der Waals surface area contributed by atoms with Crippen molar-refractivity contribution in [2.24, 2.45) is 7.05 Å². The first-order valence-corrected chi connectivity index (χ1v) is 11.0. The summed E-state index contributed by atoms with van der Waals surface area (Å²) in [5.41, 5.74) is 1.30. The molecule has 0 amide bonds. The molecule has 2 aromatic heterocycles. The summed E-state index contributed by atoms with van der Waals surface area (Å²) in [6.07, 6.45) is -1.12. The van der Waals surface area contributed by atoms with Gasteiger partial charge in [-0.15, -0.1) is 10.2 Å². The van der Waals surface area contributed by atoms with E-state index in [0.29, 0.717) is 23.8 Å². The van der Waals surface area contributed by atoms with E-state index in [4.69, 9.17) is 4.74 Å². The van der Waals surface area contributed by atoms with Crippen LogP contribution in [0.1, 0.15) is 27.2 Å². The van der Waals surface area contributed by atoms with Crippen LogP contribution in [0.2, 0.25) is 0 Å². The highest BCUT2D eigenvalue weighted by Gasteiger charge is 2.42. The van der Waals surface area contributed by atoms with Crippen LogP contribution in [0.3, 0.4) is 0 Å². The van der Waals surface area contributed by atoms with Crippen molar-refractivity contribution in [1.29, 1.82) is 0 Å². The molecule has 1 aliphatic rings. The highest BCUT2D eigenvalue weighted by atomic mass is 19.4. The molecule has 186 valence electrons. The van der Waals surface area contributed by atoms with Crippen molar-refractivity contribution in [3.8, 4) is 28.3 Å². The molecule has 1 unspecified atom stereocenters. The number of aryl methyl sites for hydroxylation is 1. The van der Waals surface area contributed by atoms with Crippen molar-refractivity contribution in [3.63, 3.8) is 0 Å². The van der Waals surface area contributed by atoms with Gasteiger partial charge >= 0.3 is 12.1 Å². The summed E-state index contributed by atoms with van der Waals surface area (Å²) in [5, 5.41) is 16.1. The average molecular weight is 490 g/mol. The number of anilines is 1. The van der Waals surface area contributed by atoms with Gasteiger partial charge in [0.05, 0.1) is 11.9 Å². The summed E-state index contributed by atoms with van der Waals surface area (Å²) in [6, 6.07) is 6.46. The molecule has 1 atom stereocenters. The number of hydrogen-bond donors (Lipinski definition) is 1. The SMILES string of the molecule is Cn1ccc(-c2ccc(-c3cnc(N4CCC(NC(C)(C)C)C4)nn3)c(OC(=O)C(F)(F)F)c2)n1. The number of benzene rings is 1. The molecule has 3 heterocycles. The molecule has 3 aromatic rings. The van der Waals surface area contributed by atoms with Crippen molar-refractivity contribution >= 4 is 11.9 Å². The number of nitrogens with zero attached hydrogens (tertiary/aromatic N) is 6. The predicted molar refractivity (Wildman–Crippen MR) is 123 cm³/mol. The third kappa shape index (κ3) is 5.94. The van der Waals surface area contributed by atoms with Crippen LogP contribution in [-0.2, 0) is 11.8 Å². The zero-order valence-electron chi connectivity index (χ0n) is 19.8. The summed E-state index contributed by atoms with van der Waals surface area (Å²) in [4.78, 5) is 18.0. The minimum Gasteiger partial charge on any atom is -0.419 e. The fourth-order valence-corrected chi connectivity index (χ4v) is 3.91. The van der Waals surface area contributed by atoms with Gasteiger partial charge in [0.2, 0.25) is 5.95 Å². The third-order valence-electron chi connectivity index (χ3n) is 5.36. The Kier molecular flexibility index (Phi) is 6.50. The van der Waals surface area contributed by atoms with Gasteiger partial charge in [0.15, 0.2) is 0 Å². The van der Waals surface area contributed by atoms with E-state index in [2.05, 4.69) is 46.4 Å². The van der Waals surface area contributed by atoms with Gasteiger partial charge in [-0.05, 0) is 45.4 Å². The molecule has 0 radical (unpaired) electrons. The quantitative estimate of drug-likeness (QED) is 0.430. The maximum absolute atomic E-state index is 12.9. The Morgan fingerprint density at radius 3 is 2.51 bits per heavy atom. The van der Waals surface area contributed by atoms with Gasteiger partial charge in [-0.2, -0.15) is 18.3 Å². The number of aromatic nitrogens is 5. The molecular weight excluding hydrogens is 463 g/mol. The molecule has 0 saturated carbocycles. The zero-order chi connectivity index (χ0) is 25.4. The van der Waals surface area contributed by atoms with Gasteiger partial charge in [-0.25, -0.2) is 9.78 Å². The second-order valence-corrected chi connectivity index (χ2v) is 9.44. The van der Waals surface area contributed by atoms with Crippen LogP contribution in [0.25, 0.3) is 22.5 Å². The van der Waals surface area contributed by atoms with E-state index >= 15 is 0 Å². The minimum atomic E-state index is -5.15. The number of esters is 1. The summed E-state index contributed by atoms with van der Waals surface area (Å²) in [5.74, 6) is -2.22. The molecule has 0 aliphatic carbocycles. The van der Waals surface area contributed by atoms with E-state index in [1.54, 1.807) is 30.1 Å². The smallest absolute Gasteiger partial charge is 0.419 e. The number of halogens is 3. The first-order chi connectivity index (χ1) is 16.4. The number of hydrogen-bond acceptors (Lipinski definition) is 8. The van der Waals surface area contributed by atoms with Crippen molar-refractivity contribution < 1.29 is 22.7 Å². The second kappa shape index (κ2) is 9.25. The minimum absolute atomic E-state index is 0.0185. The van der Waals surface area contributed by atoms with Crippen LogP contribution in [0.15, 0.2) is 36.7 Å². The van der Waals surface area contributed by atoms with Gasteiger partial charge in [-0.3, -0.25) is 4.68 Å². The fourth-order valence-electron chi connectivity index (χ4n) is 3.91. The molecule has 1 fully saturated rings. The van der Waals surface area contributed by atoms with E-state index < -0.39 is 12.1 Å². The van der Waals surface area contributed by atoms with Crippen LogP contribution in [0, 0.1) is 0 Å². The molecule has 0 bridgehead atoms. The lowest BCUT2D eigenvalue weighted by Gasteiger charge is -2.25. The number of ether oxygens (including phenoxy) is 1. The number of carbonyl (C=O) groups is 1. The van der Waals surface area contributed by atoms with Gasteiger partial charge in [-0.1, -0.05) is 6.07 Å². The van der Waals surface area contributed by atoms with Crippen LogP contribution in [0.4, 0.5) is 19.1 Å². The molecular formula is C23H26F3N7O2. The molecule has 1 N–H and O–H groups in total. The van der Waals surface area contributed by atoms with Crippen molar-refractivity contribution in [3.05, 3.63) is 36.7 Å². The van der Waals surface area contributed by atoms with E-state index in [-0.39, 0.29) is 28.6 Å². The first kappa shape index (κ1) is 24.6. The Hall–Kier alpha value is -3.54. The molecule has 9 nitrogen and oxygen atoms in total. The topological polar surface area (TPSA) is 98.1 Å². The summed E-state index contributed by atoms with van der Waals surface area (Å²) in [6.45, 7) is 7.77. The van der Waals surface area contributed by atoms with Crippen molar-refractivity contribution in [1.82, 2.24) is 30.3 Å². The van der Waals surface area contributed by atoms with Crippen molar-refractivity contribution in [2.75, 3.05) is 18.0 Å². The molecule has 0 spiro atoms. The Morgan fingerprint density at radius 2 is 1.91 bits per heavy atom. The zero-order valence-corrected chi connectivity index (χ0v) is 19.8. The lowest BCUT2D eigenvalue weighted by molar-refractivity contribution is -0.189. The average Bonchev–Trinajstić information content (AvgIpc) is 3.41. The van der Waals surface area contributed by atoms with E-state index in [0.717, 1.165) is 13.0 Å². The number of rotatable bonds is 5. The monoisotopic (exact) mass is 489 g/mol.